The third-order valence-electron chi connectivity index (χ3n) is 7.73. The Morgan fingerprint density at radius 1 is 0.667 bits per heavy atom. The average molecular weight is 442 g/mol. The Labute approximate surface area is 196 Å². The SMILES string of the molecule is CCC(C)(C)c1ccc2c(-c3ccc(O)c(N)c3)c3cc(C(C)(C)CC)ccc3c(O)c2c1. The van der Waals surface area contributed by atoms with Crippen LogP contribution in [0, 0.1) is 0 Å². The monoisotopic (exact) mass is 441 g/mol. The number of hydrogen-bond acceptors (Lipinski definition) is 3. The summed E-state index contributed by atoms with van der Waals surface area (Å²) >= 11 is 0. The van der Waals surface area contributed by atoms with Crippen LogP contribution in [0.25, 0.3) is 32.7 Å². The van der Waals surface area contributed by atoms with Crippen LogP contribution in [-0.2, 0) is 10.8 Å². The van der Waals surface area contributed by atoms with Crippen molar-refractivity contribution in [3.8, 4) is 22.6 Å². The molecule has 0 aliphatic carbocycles. The quantitative estimate of drug-likeness (QED) is 0.167. The van der Waals surface area contributed by atoms with Crippen LogP contribution >= 0.6 is 0 Å². The van der Waals surface area contributed by atoms with E-state index in [-0.39, 0.29) is 16.6 Å². The highest BCUT2D eigenvalue weighted by Crippen LogP contribution is 2.46. The predicted molar refractivity (Wildman–Crippen MR) is 141 cm³/mol. The second-order valence-corrected chi connectivity index (χ2v) is 10.5. The molecule has 0 saturated carbocycles. The molecule has 0 aliphatic heterocycles. The van der Waals surface area contributed by atoms with E-state index in [0.717, 1.165) is 45.5 Å². The van der Waals surface area contributed by atoms with Gasteiger partial charge in [-0.3, -0.25) is 0 Å². The lowest BCUT2D eigenvalue weighted by Gasteiger charge is -2.26. The molecule has 0 saturated heterocycles. The first-order valence-electron chi connectivity index (χ1n) is 11.8. The van der Waals surface area contributed by atoms with Crippen LogP contribution in [0.1, 0.15) is 65.5 Å². The van der Waals surface area contributed by atoms with E-state index in [4.69, 9.17) is 5.73 Å². The van der Waals surface area contributed by atoms with E-state index < -0.39 is 0 Å². The average Bonchev–Trinajstić information content (AvgIpc) is 2.80. The largest absolute Gasteiger partial charge is 0.507 e. The van der Waals surface area contributed by atoms with Gasteiger partial charge >= 0.3 is 0 Å². The minimum atomic E-state index is 0.00766. The molecular weight excluding hydrogens is 406 g/mol. The first kappa shape index (κ1) is 23.0. The molecule has 0 aromatic heterocycles. The Morgan fingerprint density at radius 2 is 1.21 bits per heavy atom. The smallest absolute Gasteiger partial charge is 0.138 e. The van der Waals surface area contributed by atoms with E-state index in [1.165, 1.54) is 11.1 Å². The molecule has 0 amide bonds. The Bertz CT molecular complexity index is 1370. The van der Waals surface area contributed by atoms with Gasteiger partial charge in [-0.2, -0.15) is 0 Å². The lowest BCUT2D eigenvalue weighted by Crippen LogP contribution is -2.15. The molecule has 0 spiro atoms. The van der Waals surface area contributed by atoms with Crippen LogP contribution in [0.5, 0.6) is 11.5 Å². The summed E-state index contributed by atoms with van der Waals surface area (Å²) in [4.78, 5) is 0. The summed E-state index contributed by atoms with van der Waals surface area (Å²) in [6.07, 6.45) is 2.01. The van der Waals surface area contributed by atoms with Crippen LogP contribution in [0.4, 0.5) is 5.69 Å². The highest BCUT2D eigenvalue weighted by atomic mass is 16.3. The lowest BCUT2D eigenvalue weighted by molar-refractivity contribution is 0.478. The van der Waals surface area contributed by atoms with Gasteiger partial charge in [-0.1, -0.05) is 71.9 Å². The molecule has 0 unspecified atom stereocenters. The molecule has 172 valence electrons. The topological polar surface area (TPSA) is 66.5 Å². The first-order valence-corrected chi connectivity index (χ1v) is 11.8. The van der Waals surface area contributed by atoms with Crippen molar-refractivity contribution in [3.05, 3.63) is 65.7 Å². The number of phenols is 2. The number of benzene rings is 4. The minimum absolute atomic E-state index is 0.00766. The van der Waals surface area contributed by atoms with Gasteiger partial charge in [0, 0.05) is 10.8 Å². The van der Waals surface area contributed by atoms with Crippen molar-refractivity contribution in [2.24, 2.45) is 0 Å². The van der Waals surface area contributed by atoms with Crippen LogP contribution in [-0.4, -0.2) is 10.2 Å². The summed E-state index contributed by atoms with van der Waals surface area (Å²) in [5, 5.41) is 25.1. The fourth-order valence-corrected chi connectivity index (χ4v) is 4.48. The van der Waals surface area contributed by atoms with Crippen molar-refractivity contribution in [1.82, 2.24) is 0 Å². The van der Waals surface area contributed by atoms with Crippen molar-refractivity contribution in [2.75, 3.05) is 5.73 Å². The molecular formula is C30H35NO2. The van der Waals surface area contributed by atoms with Crippen molar-refractivity contribution in [2.45, 2.75) is 65.2 Å². The maximum atomic E-state index is 11.4. The summed E-state index contributed by atoms with van der Waals surface area (Å²) in [5.74, 6) is 0.385. The Hall–Kier alpha value is -3.20. The molecule has 3 nitrogen and oxygen atoms in total. The van der Waals surface area contributed by atoms with Crippen molar-refractivity contribution >= 4 is 27.2 Å². The van der Waals surface area contributed by atoms with Gasteiger partial charge in [0.2, 0.25) is 0 Å². The fourth-order valence-electron chi connectivity index (χ4n) is 4.48. The van der Waals surface area contributed by atoms with Gasteiger partial charge in [-0.05, 0) is 81.0 Å². The fraction of sp³-hybridized carbons (Fsp3) is 0.333. The van der Waals surface area contributed by atoms with E-state index in [1.54, 1.807) is 6.07 Å². The van der Waals surface area contributed by atoms with Gasteiger partial charge in [0.05, 0.1) is 5.69 Å². The standard InChI is InChI=1S/C30H35NO2/c1-7-29(3,4)19-11-13-22-23(16-19)27(18-9-14-26(32)25(31)15-18)21-12-10-20(30(5,6)8-2)17-24(21)28(22)33/h9-17,32-33H,7-8,31H2,1-6H3. The van der Waals surface area contributed by atoms with E-state index in [0.29, 0.717) is 11.4 Å². The number of nitrogen functional groups attached to an aromatic ring is 1. The molecule has 0 heterocycles. The Balaban J connectivity index is 2.16. The third-order valence-corrected chi connectivity index (χ3v) is 7.73. The summed E-state index contributed by atoms with van der Waals surface area (Å²) in [6.45, 7) is 13.3. The maximum absolute atomic E-state index is 11.4. The number of anilines is 1. The van der Waals surface area contributed by atoms with Crippen LogP contribution in [0.2, 0.25) is 0 Å². The number of rotatable bonds is 5. The van der Waals surface area contributed by atoms with E-state index in [1.807, 2.05) is 18.2 Å². The Kier molecular flexibility index (Phi) is 5.56. The minimum Gasteiger partial charge on any atom is -0.507 e. The van der Waals surface area contributed by atoms with Crippen molar-refractivity contribution < 1.29 is 10.2 Å². The molecule has 4 N–H and O–H groups in total. The molecule has 0 aliphatic rings. The van der Waals surface area contributed by atoms with E-state index in [2.05, 4.69) is 71.9 Å². The van der Waals surface area contributed by atoms with Crippen LogP contribution in [0.3, 0.4) is 0 Å². The molecule has 0 atom stereocenters. The molecule has 0 radical (unpaired) electrons. The van der Waals surface area contributed by atoms with Gasteiger partial charge in [0.1, 0.15) is 11.5 Å². The highest BCUT2D eigenvalue weighted by molar-refractivity contribution is 6.17. The molecule has 0 bridgehead atoms. The van der Waals surface area contributed by atoms with Gasteiger partial charge in [-0.25, -0.2) is 0 Å². The van der Waals surface area contributed by atoms with Crippen molar-refractivity contribution in [1.29, 1.82) is 0 Å². The number of phenolic OH excluding ortho intramolecular Hbond substituents is 2. The van der Waals surface area contributed by atoms with E-state index in [9.17, 15) is 10.2 Å². The highest BCUT2D eigenvalue weighted by Gasteiger charge is 2.24. The van der Waals surface area contributed by atoms with Gasteiger partial charge in [-0.15, -0.1) is 0 Å². The summed E-state index contributed by atoms with van der Waals surface area (Å²) < 4.78 is 0. The van der Waals surface area contributed by atoms with E-state index >= 15 is 0 Å². The van der Waals surface area contributed by atoms with Crippen LogP contribution in [0.15, 0.2) is 54.6 Å². The number of nitrogens with two attached hydrogens (primary N) is 1. The summed E-state index contributed by atoms with van der Waals surface area (Å²) in [7, 11) is 0. The normalized spacial score (nSPS) is 12.5. The molecule has 3 heteroatoms. The second kappa shape index (κ2) is 7.98. The number of fused-ring (bicyclic) bond motifs is 2. The van der Waals surface area contributed by atoms with Gasteiger partial charge < -0.3 is 15.9 Å². The van der Waals surface area contributed by atoms with Gasteiger partial charge in [0.15, 0.2) is 0 Å². The zero-order valence-electron chi connectivity index (χ0n) is 20.6. The zero-order valence-corrected chi connectivity index (χ0v) is 20.6. The lowest BCUT2D eigenvalue weighted by atomic mass is 9.78. The van der Waals surface area contributed by atoms with Gasteiger partial charge in [0.25, 0.3) is 0 Å². The zero-order chi connectivity index (χ0) is 24.1. The third kappa shape index (κ3) is 3.80. The molecule has 4 aromatic rings. The van der Waals surface area contributed by atoms with Crippen LogP contribution < -0.4 is 5.73 Å². The summed E-state index contributed by atoms with van der Waals surface area (Å²) in [5.41, 5.74) is 10.8. The predicted octanol–water partition coefficient (Wildman–Crippen LogP) is 8.03. The maximum Gasteiger partial charge on any atom is 0.138 e. The number of aromatic hydroxyl groups is 2. The molecule has 33 heavy (non-hydrogen) atoms. The molecule has 0 fully saturated rings. The molecule has 4 aromatic carbocycles. The first-order chi connectivity index (χ1) is 15.5. The number of hydrogen-bond donors (Lipinski definition) is 3. The Morgan fingerprint density at radius 3 is 1.76 bits per heavy atom. The molecule has 4 rings (SSSR count). The second-order valence-electron chi connectivity index (χ2n) is 10.5. The van der Waals surface area contributed by atoms with Crippen molar-refractivity contribution in [3.63, 3.8) is 0 Å². The summed E-state index contributed by atoms with van der Waals surface area (Å²) in [6, 6.07) is 18.2.